The van der Waals surface area contributed by atoms with Gasteiger partial charge in [-0.25, -0.2) is 14.6 Å². The number of esters is 1. The molecule has 2 aromatic rings. The first-order valence-electron chi connectivity index (χ1n) is 13.1. The SMILES string of the molecule is CCOC(=O)c1cc(C)[nH]c1/C=C1\C(=O)Nc2ccc([C@H](C)C(=O)NCCOCCNC(=O)OC(C)(C)C)nc21. The molecule has 1 atom stereocenters. The molecule has 3 heterocycles. The molecule has 0 fully saturated rings. The van der Waals surface area contributed by atoms with E-state index in [1.807, 2.05) is 0 Å². The molecule has 0 saturated carbocycles. The number of carbonyl (C=O) groups excluding carboxylic acids is 4. The van der Waals surface area contributed by atoms with E-state index in [0.29, 0.717) is 28.3 Å². The van der Waals surface area contributed by atoms with E-state index < -0.39 is 23.6 Å². The van der Waals surface area contributed by atoms with Crippen molar-refractivity contribution in [1.29, 1.82) is 0 Å². The minimum atomic E-state index is -0.598. The summed E-state index contributed by atoms with van der Waals surface area (Å²) in [4.78, 5) is 57.2. The Morgan fingerprint density at radius 1 is 1.12 bits per heavy atom. The van der Waals surface area contributed by atoms with Crippen molar-refractivity contribution < 1.29 is 33.4 Å². The molecule has 12 heteroatoms. The molecule has 216 valence electrons. The number of alkyl carbamates (subject to hydrolysis) is 1. The number of pyridine rings is 1. The van der Waals surface area contributed by atoms with Gasteiger partial charge in [-0.15, -0.1) is 0 Å². The van der Waals surface area contributed by atoms with Crippen LogP contribution in [0.2, 0.25) is 0 Å². The number of amides is 3. The van der Waals surface area contributed by atoms with E-state index in [0.717, 1.165) is 5.69 Å². The Kier molecular flexibility index (Phi) is 10.1. The molecule has 1 aliphatic rings. The van der Waals surface area contributed by atoms with Gasteiger partial charge in [0.25, 0.3) is 5.91 Å². The lowest BCUT2D eigenvalue weighted by Crippen LogP contribution is -2.35. The van der Waals surface area contributed by atoms with E-state index >= 15 is 0 Å². The molecule has 12 nitrogen and oxygen atoms in total. The fraction of sp³-hybridized carbons (Fsp3) is 0.464. The molecule has 2 aromatic heterocycles. The number of aromatic nitrogens is 2. The number of aromatic amines is 1. The maximum absolute atomic E-state index is 12.7. The zero-order chi connectivity index (χ0) is 29.4. The van der Waals surface area contributed by atoms with E-state index in [9.17, 15) is 19.2 Å². The molecule has 3 amide bonds. The summed E-state index contributed by atoms with van der Waals surface area (Å²) in [5.74, 6) is -1.71. The number of hydrogen-bond donors (Lipinski definition) is 4. The van der Waals surface area contributed by atoms with Crippen molar-refractivity contribution in [3.63, 3.8) is 0 Å². The van der Waals surface area contributed by atoms with Crippen LogP contribution < -0.4 is 16.0 Å². The molecular formula is C28H37N5O7. The predicted octanol–water partition coefficient (Wildman–Crippen LogP) is 3.15. The van der Waals surface area contributed by atoms with Gasteiger partial charge in [0, 0.05) is 18.8 Å². The maximum Gasteiger partial charge on any atom is 0.407 e. The monoisotopic (exact) mass is 555 g/mol. The highest BCUT2D eigenvalue weighted by Gasteiger charge is 2.29. The number of rotatable bonds is 11. The van der Waals surface area contributed by atoms with Crippen LogP contribution in [0.3, 0.4) is 0 Å². The number of fused-ring (bicyclic) bond motifs is 1. The van der Waals surface area contributed by atoms with Gasteiger partial charge in [0.1, 0.15) is 5.60 Å². The van der Waals surface area contributed by atoms with Crippen molar-refractivity contribution >= 4 is 41.2 Å². The Morgan fingerprint density at radius 2 is 1.82 bits per heavy atom. The minimum Gasteiger partial charge on any atom is -0.462 e. The van der Waals surface area contributed by atoms with Gasteiger partial charge >= 0.3 is 12.1 Å². The average molecular weight is 556 g/mol. The van der Waals surface area contributed by atoms with Gasteiger partial charge in [0.05, 0.1) is 59.6 Å². The number of nitrogens with zero attached hydrogens (tertiary/aromatic N) is 1. The summed E-state index contributed by atoms with van der Waals surface area (Å²) >= 11 is 0. The van der Waals surface area contributed by atoms with Gasteiger partial charge in [0.15, 0.2) is 0 Å². The Morgan fingerprint density at radius 3 is 2.50 bits per heavy atom. The van der Waals surface area contributed by atoms with Gasteiger partial charge in [-0.05, 0) is 65.8 Å². The topological polar surface area (TPSA) is 161 Å². The highest BCUT2D eigenvalue weighted by Crippen LogP contribution is 2.33. The summed E-state index contributed by atoms with van der Waals surface area (Å²) in [5, 5.41) is 8.17. The third-order valence-corrected chi connectivity index (χ3v) is 5.73. The summed E-state index contributed by atoms with van der Waals surface area (Å²) in [6.07, 6.45) is 1.05. The zero-order valence-electron chi connectivity index (χ0n) is 23.7. The molecule has 0 aliphatic carbocycles. The van der Waals surface area contributed by atoms with Gasteiger partial charge < -0.3 is 35.1 Å². The number of hydrogen-bond acceptors (Lipinski definition) is 8. The fourth-order valence-corrected chi connectivity index (χ4v) is 3.87. The second kappa shape index (κ2) is 13.2. The smallest absolute Gasteiger partial charge is 0.407 e. The lowest BCUT2D eigenvalue weighted by atomic mass is 10.0. The maximum atomic E-state index is 12.7. The first-order valence-corrected chi connectivity index (χ1v) is 13.1. The molecule has 0 radical (unpaired) electrons. The van der Waals surface area contributed by atoms with Crippen LogP contribution in [0, 0.1) is 6.92 Å². The third kappa shape index (κ3) is 8.15. The molecule has 40 heavy (non-hydrogen) atoms. The molecule has 4 N–H and O–H groups in total. The lowest BCUT2D eigenvalue weighted by Gasteiger charge is -2.19. The van der Waals surface area contributed by atoms with Crippen molar-refractivity contribution in [2.24, 2.45) is 0 Å². The number of nitrogens with one attached hydrogen (secondary N) is 4. The largest absolute Gasteiger partial charge is 0.462 e. The van der Waals surface area contributed by atoms with Crippen LogP contribution in [0.5, 0.6) is 0 Å². The average Bonchev–Trinajstić information content (AvgIpc) is 3.40. The van der Waals surface area contributed by atoms with E-state index in [-0.39, 0.29) is 50.3 Å². The molecule has 3 rings (SSSR count). The molecule has 0 bridgehead atoms. The Bertz CT molecular complexity index is 1290. The van der Waals surface area contributed by atoms with Crippen LogP contribution in [-0.2, 0) is 23.8 Å². The molecule has 0 aromatic carbocycles. The number of H-pyrrole nitrogens is 1. The number of carbonyl (C=O) groups is 4. The van der Waals surface area contributed by atoms with E-state index in [2.05, 4.69) is 25.9 Å². The Labute approximate surface area is 233 Å². The van der Waals surface area contributed by atoms with Crippen molar-refractivity contribution in [3.8, 4) is 0 Å². The normalized spacial score (nSPS) is 14.3. The predicted molar refractivity (Wildman–Crippen MR) is 149 cm³/mol. The van der Waals surface area contributed by atoms with Crippen molar-refractivity contribution in [2.45, 2.75) is 53.1 Å². The van der Waals surface area contributed by atoms with E-state index in [1.165, 1.54) is 0 Å². The first-order chi connectivity index (χ1) is 18.9. The zero-order valence-corrected chi connectivity index (χ0v) is 23.7. The Hall–Kier alpha value is -4.19. The minimum absolute atomic E-state index is 0.227. The summed E-state index contributed by atoms with van der Waals surface area (Å²) in [7, 11) is 0. The highest BCUT2D eigenvalue weighted by molar-refractivity contribution is 6.34. The number of aryl methyl sites for hydroxylation is 1. The van der Waals surface area contributed by atoms with Crippen LogP contribution in [0.1, 0.15) is 73.7 Å². The molecule has 0 unspecified atom stereocenters. The van der Waals surface area contributed by atoms with Gasteiger partial charge in [-0.3, -0.25) is 9.59 Å². The fourth-order valence-electron chi connectivity index (χ4n) is 3.87. The molecule has 0 saturated heterocycles. The summed E-state index contributed by atoms with van der Waals surface area (Å²) < 4.78 is 15.7. The van der Waals surface area contributed by atoms with Crippen LogP contribution in [0.15, 0.2) is 18.2 Å². The summed E-state index contributed by atoms with van der Waals surface area (Å²) in [6.45, 7) is 11.9. The van der Waals surface area contributed by atoms with Crippen LogP contribution >= 0.6 is 0 Å². The second-order valence-corrected chi connectivity index (χ2v) is 10.2. The number of anilines is 1. The number of ether oxygens (including phenoxy) is 3. The van der Waals surface area contributed by atoms with Crippen molar-refractivity contribution in [3.05, 3.63) is 46.5 Å². The molecular weight excluding hydrogens is 518 g/mol. The van der Waals surface area contributed by atoms with Crippen LogP contribution in [0.25, 0.3) is 11.6 Å². The van der Waals surface area contributed by atoms with Crippen LogP contribution in [-0.4, -0.2) is 72.4 Å². The first kappa shape index (κ1) is 30.4. The van der Waals surface area contributed by atoms with Gasteiger partial charge in [-0.2, -0.15) is 0 Å². The second-order valence-electron chi connectivity index (χ2n) is 10.2. The van der Waals surface area contributed by atoms with Crippen molar-refractivity contribution in [1.82, 2.24) is 20.6 Å². The van der Waals surface area contributed by atoms with Gasteiger partial charge in [-0.1, -0.05) is 0 Å². The van der Waals surface area contributed by atoms with E-state index in [1.54, 1.807) is 65.8 Å². The molecule has 1 aliphatic heterocycles. The third-order valence-electron chi connectivity index (χ3n) is 5.73. The highest BCUT2D eigenvalue weighted by atomic mass is 16.6. The Balaban J connectivity index is 1.58. The quantitative estimate of drug-likeness (QED) is 0.187. The summed E-state index contributed by atoms with van der Waals surface area (Å²) in [6, 6.07) is 5.05. The molecule has 0 spiro atoms. The van der Waals surface area contributed by atoms with Gasteiger partial charge in [0.2, 0.25) is 5.91 Å². The van der Waals surface area contributed by atoms with Crippen molar-refractivity contribution in [2.75, 3.05) is 38.2 Å². The standard InChI is InChI=1S/C28H37N5O7/c1-7-39-26(36)18-14-16(2)31-22(18)15-19-23-21(33-25(19)35)9-8-20(32-23)17(3)24(34)29-10-12-38-13-11-30-27(37)40-28(4,5)6/h8-9,14-15,17,31H,7,10-13H2,1-6H3,(H,29,34)(H,30,37)(H,33,35)/b19-15-/t17-/m0/s1. The van der Waals surface area contributed by atoms with E-state index in [4.69, 9.17) is 14.2 Å². The summed E-state index contributed by atoms with van der Waals surface area (Å²) in [5.41, 5.74) is 2.59. The van der Waals surface area contributed by atoms with Crippen LogP contribution in [0.4, 0.5) is 10.5 Å². The lowest BCUT2D eigenvalue weighted by molar-refractivity contribution is -0.122.